The van der Waals surface area contributed by atoms with Crippen molar-refractivity contribution in [3.05, 3.63) is 33.1 Å². The molecule has 7 nitrogen and oxygen atoms in total. The van der Waals surface area contributed by atoms with E-state index in [2.05, 4.69) is 0 Å². The zero-order chi connectivity index (χ0) is 14.0. The van der Waals surface area contributed by atoms with Gasteiger partial charge in [0.1, 0.15) is 12.2 Å². The van der Waals surface area contributed by atoms with Crippen LogP contribution in [0.1, 0.15) is 6.23 Å². The lowest BCUT2D eigenvalue weighted by molar-refractivity contribution is -0.0625. The SMILES string of the molecule is COC[C@H]1OC(n2ccc(=O)[nH]c2=O)C(F)C1OC. The summed E-state index contributed by atoms with van der Waals surface area (Å²) in [6.07, 6.45) is -2.93. The molecule has 2 rings (SSSR count). The van der Waals surface area contributed by atoms with Crippen molar-refractivity contribution in [2.45, 2.75) is 24.6 Å². The second kappa shape index (κ2) is 5.64. The highest BCUT2D eigenvalue weighted by atomic mass is 19.1. The number of aromatic amines is 1. The third kappa shape index (κ3) is 2.60. The van der Waals surface area contributed by atoms with Gasteiger partial charge in [0.2, 0.25) is 0 Å². The van der Waals surface area contributed by atoms with Gasteiger partial charge in [-0.15, -0.1) is 0 Å². The zero-order valence-electron chi connectivity index (χ0n) is 10.5. The number of hydrogen-bond donors (Lipinski definition) is 1. The van der Waals surface area contributed by atoms with Crippen molar-refractivity contribution in [1.82, 2.24) is 9.55 Å². The Hall–Kier alpha value is -1.51. The smallest absolute Gasteiger partial charge is 0.330 e. The Balaban J connectivity index is 2.30. The van der Waals surface area contributed by atoms with Crippen molar-refractivity contribution in [3.63, 3.8) is 0 Å². The molecule has 19 heavy (non-hydrogen) atoms. The molecule has 0 saturated carbocycles. The maximum Gasteiger partial charge on any atom is 0.330 e. The maximum atomic E-state index is 14.2. The summed E-state index contributed by atoms with van der Waals surface area (Å²) in [5.41, 5.74) is -1.28. The van der Waals surface area contributed by atoms with Gasteiger partial charge >= 0.3 is 5.69 Å². The third-order valence-electron chi connectivity index (χ3n) is 3.00. The number of aromatic nitrogens is 2. The molecule has 1 aromatic rings. The molecular formula is C11H15FN2O5. The van der Waals surface area contributed by atoms with Crippen molar-refractivity contribution < 1.29 is 18.6 Å². The zero-order valence-corrected chi connectivity index (χ0v) is 10.5. The molecule has 1 fully saturated rings. The number of H-pyrrole nitrogens is 1. The maximum absolute atomic E-state index is 14.2. The summed E-state index contributed by atoms with van der Waals surface area (Å²) in [6, 6.07) is 1.13. The Kier molecular flexibility index (Phi) is 4.13. The number of hydrogen-bond acceptors (Lipinski definition) is 5. The predicted molar refractivity (Wildman–Crippen MR) is 62.8 cm³/mol. The summed E-state index contributed by atoms with van der Waals surface area (Å²) in [5.74, 6) is 0. The minimum absolute atomic E-state index is 0.146. The van der Waals surface area contributed by atoms with Crippen LogP contribution >= 0.6 is 0 Å². The molecule has 1 aliphatic heterocycles. The van der Waals surface area contributed by atoms with E-state index in [4.69, 9.17) is 14.2 Å². The number of ether oxygens (including phenoxy) is 3. The van der Waals surface area contributed by atoms with Gasteiger partial charge < -0.3 is 14.2 Å². The fraction of sp³-hybridized carbons (Fsp3) is 0.636. The Labute approximate surface area is 107 Å². The molecule has 1 N–H and O–H groups in total. The van der Waals surface area contributed by atoms with Crippen LogP contribution in [0.3, 0.4) is 0 Å². The number of methoxy groups -OCH3 is 2. The van der Waals surface area contributed by atoms with Crippen LogP contribution in [0, 0.1) is 0 Å². The molecule has 2 heterocycles. The van der Waals surface area contributed by atoms with Gasteiger partial charge in [0.25, 0.3) is 5.56 Å². The lowest BCUT2D eigenvalue weighted by Crippen LogP contribution is -2.36. The number of rotatable bonds is 4. The summed E-state index contributed by atoms with van der Waals surface area (Å²) < 4.78 is 30.6. The molecule has 8 heteroatoms. The average Bonchev–Trinajstić information content (AvgIpc) is 2.66. The number of nitrogens with zero attached hydrogens (tertiary/aromatic N) is 1. The second-order valence-electron chi connectivity index (χ2n) is 4.18. The number of alkyl halides is 1. The molecule has 0 aromatic carbocycles. The third-order valence-corrected chi connectivity index (χ3v) is 3.00. The van der Waals surface area contributed by atoms with E-state index in [0.29, 0.717) is 0 Å². The lowest BCUT2D eigenvalue weighted by atomic mass is 10.1. The lowest BCUT2D eigenvalue weighted by Gasteiger charge is -2.16. The molecule has 0 spiro atoms. The van der Waals surface area contributed by atoms with Gasteiger partial charge in [-0.05, 0) is 0 Å². The molecule has 0 bridgehead atoms. The van der Waals surface area contributed by atoms with Crippen molar-refractivity contribution in [3.8, 4) is 0 Å². The molecule has 1 saturated heterocycles. The van der Waals surface area contributed by atoms with Crippen LogP contribution in [-0.4, -0.2) is 48.8 Å². The number of nitrogens with one attached hydrogen (secondary N) is 1. The van der Waals surface area contributed by atoms with Crippen LogP contribution in [0.25, 0.3) is 0 Å². The van der Waals surface area contributed by atoms with Gasteiger partial charge in [-0.1, -0.05) is 0 Å². The van der Waals surface area contributed by atoms with Crippen LogP contribution in [-0.2, 0) is 14.2 Å². The Morgan fingerprint density at radius 2 is 2.21 bits per heavy atom. The normalized spacial score (nSPS) is 30.7. The minimum atomic E-state index is -1.53. The van der Waals surface area contributed by atoms with E-state index in [1.807, 2.05) is 4.98 Å². The van der Waals surface area contributed by atoms with Crippen LogP contribution in [0.5, 0.6) is 0 Å². The van der Waals surface area contributed by atoms with Gasteiger partial charge in [-0.2, -0.15) is 0 Å². The Bertz CT molecular complexity index is 542. The fourth-order valence-electron chi connectivity index (χ4n) is 2.13. The van der Waals surface area contributed by atoms with Crippen molar-refractivity contribution >= 4 is 0 Å². The van der Waals surface area contributed by atoms with E-state index in [-0.39, 0.29) is 6.61 Å². The Morgan fingerprint density at radius 1 is 1.47 bits per heavy atom. The highest BCUT2D eigenvalue weighted by molar-refractivity contribution is 4.94. The van der Waals surface area contributed by atoms with E-state index in [9.17, 15) is 14.0 Å². The monoisotopic (exact) mass is 274 g/mol. The van der Waals surface area contributed by atoms with Gasteiger partial charge in [-0.3, -0.25) is 14.3 Å². The van der Waals surface area contributed by atoms with Crippen LogP contribution in [0.4, 0.5) is 4.39 Å². The fourth-order valence-corrected chi connectivity index (χ4v) is 2.13. The average molecular weight is 274 g/mol. The van der Waals surface area contributed by atoms with Crippen molar-refractivity contribution in [2.24, 2.45) is 0 Å². The molecule has 3 unspecified atom stereocenters. The van der Waals surface area contributed by atoms with Crippen LogP contribution in [0.2, 0.25) is 0 Å². The highest BCUT2D eigenvalue weighted by Crippen LogP contribution is 2.32. The molecule has 0 amide bonds. The van der Waals surface area contributed by atoms with E-state index < -0.39 is 35.9 Å². The van der Waals surface area contributed by atoms with Gasteiger partial charge in [0.05, 0.1) is 6.61 Å². The van der Waals surface area contributed by atoms with Crippen LogP contribution in [0.15, 0.2) is 21.9 Å². The van der Waals surface area contributed by atoms with E-state index >= 15 is 0 Å². The van der Waals surface area contributed by atoms with Crippen molar-refractivity contribution in [2.75, 3.05) is 20.8 Å². The van der Waals surface area contributed by atoms with E-state index in [1.54, 1.807) is 0 Å². The quantitative estimate of drug-likeness (QED) is 0.795. The summed E-state index contributed by atoms with van der Waals surface area (Å²) in [7, 11) is 2.82. The summed E-state index contributed by atoms with van der Waals surface area (Å²) in [6.45, 7) is 0.146. The summed E-state index contributed by atoms with van der Waals surface area (Å²) in [4.78, 5) is 24.6. The minimum Gasteiger partial charge on any atom is -0.382 e. The first-order chi connectivity index (χ1) is 9.08. The Morgan fingerprint density at radius 3 is 2.79 bits per heavy atom. The first-order valence-electron chi connectivity index (χ1n) is 5.71. The molecule has 4 atom stereocenters. The summed E-state index contributed by atoms with van der Waals surface area (Å²) in [5, 5.41) is 0. The topological polar surface area (TPSA) is 82.5 Å². The van der Waals surface area contributed by atoms with Gasteiger partial charge in [0, 0.05) is 26.5 Å². The molecule has 0 aliphatic carbocycles. The summed E-state index contributed by atoms with van der Waals surface area (Å²) >= 11 is 0. The van der Waals surface area contributed by atoms with Crippen LogP contribution < -0.4 is 11.2 Å². The van der Waals surface area contributed by atoms with E-state index in [0.717, 1.165) is 10.6 Å². The van der Waals surface area contributed by atoms with Gasteiger partial charge in [-0.25, -0.2) is 9.18 Å². The predicted octanol–water partition coefficient (Wildman–Crippen LogP) is -0.566. The van der Waals surface area contributed by atoms with E-state index in [1.165, 1.54) is 20.4 Å². The molecular weight excluding hydrogens is 259 g/mol. The molecule has 1 aromatic heterocycles. The van der Waals surface area contributed by atoms with Gasteiger partial charge in [0.15, 0.2) is 12.4 Å². The highest BCUT2D eigenvalue weighted by Gasteiger charge is 2.46. The molecule has 106 valence electrons. The molecule has 0 radical (unpaired) electrons. The largest absolute Gasteiger partial charge is 0.382 e. The first-order valence-corrected chi connectivity index (χ1v) is 5.71. The van der Waals surface area contributed by atoms with Crippen molar-refractivity contribution in [1.29, 1.82) is 0 Å². The molecule has 1 aliphatic rings. The standard InChI is InChI=1S/C11H15FN2O5/c1-17-5-6-9(18-2)8(12)10(19-6)14-4-3-7(15)13-11(14)16/h3-4,6,8-10H,5H2,1-2H3,(H,13,15,16)/t6-,8?,9?,10?/m1/s1. The first kappa shape index (κ1) is 13.9. The number of halogens is 1. The second-order valence-corrected chi connectivity index (χ2v) is 4.18.